The van der Waals surface area contributed by atoms with Gasteiger partial charge in [0.15, 0.2) is 0 Å². The first-order valence-corrected chi connectivity index (χ1v) is 7.97. The lowest BCUT2D eigenvalue weighted by Crippen LogP contribution is -2.20. The molecule has 1 nitrogen and oxygen atoms in total. The minimum absolute atomic E-state index is 0.199. The van der Waals surface area contributed by atoms with E-state index in [0.29, 0.717) is 4.47 Å². The minimum atomic E-state index is -0.228. The molecule has 0 aliphatic rings. The Balaban J connectivity index is 2.28. The molecule has 0 saturated heterocycles. The van der Waals surface area contributed by atoms with Gasteiger partial charge in [0.2, 0.25) is 0 Å². The molecule has 106 valence electrons. The fourth-order valence-electron chi connectivity index (χ4n) is 2.26. The normalized spacial score (nSPS) is 12.4. The van der Waals surface area contributed by atoms with Gasteiger partial charge in [-0.3, -0.25) is 0 Å². The third-order valence-corrected chi connectivity index (χ3v) is 4.49. The van der Waals surface area contributed by atoms with Crippen molar-refractivity contribution in [3.05, 3.63) is 67.9 Å². The largest absolute Gasteiger partial charge is 0.313 e. The van der Waals surface area contributed by atoms with Crippen molar-refractivity contribution in [1.29, 1.82) is 0 Å². The van der Waals surface area contributed by atoms with Crippen molar-refractivity contribution in [1.82, 2.24) is 5.32 Å². The lowest BCUT2D eigenvalue weighted by atomic mass is 9.95. The molecule has 4 heteroatoms. The van der Waals surface area contributed by atoms with Gasteiger partial charge < -0.3 is 5.32 Å². The van der Waals surface area contributed by atoms with Crippen LogP contribution in [-0.4, -0.2) is 7.05 Å². The molecule has 0 bridgehead atoms. The van der Waals surface area contributed by atoms with Crippen molar-refractivity contribution in [3.8, 4) is 0 Å². The molecule has 0 radical (unpaired) electrons. The maximum absolute atomic E-state index is 13.3. The molecule has 1 atom stereocenters. The molecule has 0 amide bonds. The van der Waals surface area contributed by atoms with E-state index in [4.69, 9.17) is 0 Å². The standard InChI is InChI=1S/C16H16Br2FN/c1-10-3-5-12(17)9-13(10)16(20-2)8-11-4-6-15(19)14(18)7-11/h3-7,9,16,20H,8H2,1-2H3. The number of nitrogens with one attached hydrogen (secondary N) is 1. The Morgan fingerprint density at radius 2 is 1.90 bits per heavy atom. The third-order valence-electron chi connectivity index (χ3n) is 3.39. The number of hydrogen-bond acceptors (Lipinski definition) is 1. The highest BCUT2D eigenvalue weighted by atomic mass is 79.9. The smallest absolute Gasteiger partial charge is 0.137 e. The molecule has 0 saturated carbocycles. The maximum Gasteiger partial charge on any atom is 0.137 e. The van der Waals surface area contributed by atoms with E-state index in [1.54, 1.807) is 0 Å². The molecule has 0 aromatic heterocycles. The van der Waals surface area contributed by atoms with Gasteiger partial charge in [0.25, 0.3) is 0 Å². The molecule has 2 aromatic carbocycles. The fourth-order valence-corrected chi connectivity index (χ4v) is 3.06. The van der Waals surface area contributed by atoms with E-state index in [1.165, 1.54) is 17.2 Å². The highest BCUT2D eigenvalue weighted by Gasteiger charge is 2.14. The maximum atomic E-state index is 13.3. The summed E-state index contributed by atoms with van der Waals surface area (Å²) in [6, 6.07) is 11.6. The number of benzene rings is 2. The second-order valence-electron chi connectivity index (χ2n) is 4.79. The summed E-state index contributed by atoms with van der Waals surface area (Å²) in [5.41, 5.74) is 3.59. The van der Waals surface area contributed by atoms with Crippen LogP contribution < -0.4 is 5.32 Å². The topological polar surface area (TPSA) is 12.0 Å². The Labute approximate surface area is 135 Å². The van der Waals surface area contributed by atoms with Crippen LogP contribution in [0.2, 0.25) is 0 Å². The average Bonchev–Trinajstić information content (AvgIpc) is 2.43. The lowest BCUT2D eigenvalue weighted by molar-refractivity contribution is 0.584. The summed E-state index contributed by atoms with van der Waals surface area (Å²) < 4.78 is 14.9. The molecule has 2 aromatic rings. The number of likely N-dealkylation sites (N-methyl/N-ethyl adjacent to an activating group) is 1. The van der Waals surface area contributed by atoms with Gasteiger partial charge in [-0.2, -0.15) is 0 Å². The quantitative estimate of drug-likeness (QED) is 0.747. The second-order valence-corrected chi connectivity index (χ2v) is 6.56. The zero-order valence-electron chi connectivity index (χ0n) is 11.4. The lowest BCUT2D eigenvalue weighted by Gasteiger charge is -2.19. The monoisotopic (exact) mass is 399 g/mol. The van der Waals surface area contributed by atoms with Gasteiger partial charge in [0, 0.05) is 10.5 Å². The fraction of sp³-hybridized carbons (Fsp3) is 0.250. The number of rotatable bonds is 4. The van der Waals surface area contributed by atoms with Gasteiger partial charge in [0.05, 0.1) is 4.47 Å². The summed E-state index contributed by atoms with van der Waals surface area (Å²) in [4.78, 5) is 0. The number of halogens is 3. The van der Waals surface area contributed by atoms with Crippen LogP contribution in [0.3, 0.4) is 0 Å². The summed E-state index contributed by atoms with van der Waals surface area (Å²) >= 11 is 6.75. The Hall–Kier alpha value is -0.710. The second kappa shape index (κ2) is 6.83. The SMILES string of the molecule is CNC(Cc1ccc(F)c(Br)c1)c1cc(Br)ccc1C. The molecule has 0 aliphatic heterocycles. The zero-order valence-corrected chi connectivity index (χ0v) is 14.6. The molecular weight excluding hydrogens is 385 g/mol. The Morgan fingerprint density at radius 1 is 1.15 bits per heavy atom. The summed E-state index contributed by atoms with van der Waals surface area (Å²) in [7, 11) is 1.95. The highest BCUT2D eigenvalue weighted by Crippen LogP contribution is 2.26. The van der Waals surface area contributed by atoms with Gasteiger partial charge in [0.1, 0.15) is 5.82 Å². The molecule has 0 heterocycles. The van der Waals surface area contributed by atoms with E-state index in [2.05, 4.69) is 56.2 Å². The first-order chi connectivity index (χ1) is 9.51. The summed E-state index contributed by atoms with van der Waals surface area (Å²) in [5, 5.41) is 3.34. The summed E-state index contributed by atoms with van der Waals surface area (Å²) in [6.07, 6.45) is 0.812. The van der Waals surface area contributed by atoms with Crippen LogP contribution >= 0.6 is 31.9 Å². The van der Waals surface area contributed by atoms with Gasteiger partial charge in [-0.15, -0.1) is 0 Å². The first-order valence-electron chi connectivity index (χ1n) is 6.38. The van der Waals surface area contributed by atoms with Crippen molar-refractivity contribution >= 4 is 31.9 Å². The van der Waals surface area contributed by atoms with E-state index in [-0.39, 0.29) is 11.9 Å². The molecular formula is C16H16Br2FN. The van der Waals surface area contributed by atoms with Crippen LogP contribution in [0.1, 0.15) is 22.7 Å². The van der Waals surface area contributed by atoms with Gasteiger partial charge in [-0.1, -0.05) is 28.1 Å². The average molecular weight is 401 g/mol. The zero-order chi connectivity index (χ0) is 14.7. The van der Waals surface area contributed by atoms with E-state index >= 15 is 0 Å². The van der Waals surface area contributed by atoms with Crippen molar-refractivity contribution in [3.63, 3.8) is 0 Å². The summed E-state index contributed by atoms with van der Waals surface area (Å²) in [5.74, 6) is -0.228. The Bertz CT molecular complexity index is 613. The van der Waals surface area contributed by atoms with Crippen LogP contribution in [0.15, 0.2) is 45.3 Å². The van der Waals surface area contributed by atoms with Gasteiger partial charge in [-0.05, 0) is 77.3 Å². The highest BCUT2D eigenvalue weighted by molar-refractivity contribution is 9.10. The molecule has 2 rings (SSSR count). The Kier molecular flexibility index (Phi) is 5.35. The molecule has 1 N–H and O–H groups in total. The number of hydrogen-bond donors (Lipinski definition) is 1. The summed E-state index contributed by atoms with van der Waals surface area (Å²) in [6.45, 7) is 2.10. The van der Waals surface area contributed by atoms with Crippen molar-refractivity contribution in [2.75, 3.05) is 7.05 Å². The Morgan fingerprint density at radius 3 is 2.55 bits per heavy atom. The van der Waals surface area contributed by atoms with E-state index in [9.17, 15) is 4.39 Å². The van der Waals surface area contributed by atoms with Crippen molar-refractivity contribution in [2.24, 2.45) is 0 Å². The first kappa shape index (κ1) is 15.7. The van der Waals surface area contributed by atoms with E-state index in [1.807, 2.05) is 25.2 Å². The van der Waals surface area contributed by atoms with Gasteiger partial charge in [-0.25, -0.2) is 4.39 Å². The number of aryl methyl sites for hydroxylation is 1. The van der Waals surface area contributed by atoms with Crippen LogP contribution in [-0.2, 0) is 6.42 Å². The molecule has 0 aliphatic carbocycles. The van der Waals surface area contributed by atoms with Crippen LogP contribution in [0, 0.1) is 12.7 Å². The van der Waals surface area contributed by atoms with Crippen LogP contribution in [0.5, 0.6) is 0 Å². The van der Waals surface area contributed by atoms with E-state index in [0.717, 1.165) is 16.5 Å². The van der Waals surface area contributed by atoms with Crippen LogP contribution in [0.4, 0.5) is 4.39 Å². The van der Waals surface area contributed by atoms with E-state index < -0.39 is 0 Å². The predicted octanol–water partition coefficient (Wildman–Crippen LogP) is 5.16. The van der Waals surface area contributed by atoms with Crippen LogP contribution in [0.25, 0.3) is 0 Å². The molecule has 0 fully saturated rings. The van der Waals surface area contributed by atoms with Crippen molar-refractivity contribution < 1.29 is 4.39 Å². The molecule has 20 heavy (non-hydrogen) atoms. The molecule has 1 unspecified atom stereocenters. The minimum Gasteiger partial charge on any atom is -0.313 e. The van der Waals surface area contributed by atoms with Crippen molar-refractivity contribution in [2.45, 2.75) is 19.4 Å². The predicted molar refractivity (Wildman–Crippen MR) is 88.5 cm³/mol. The molecule has 0 spiro atoms. The van der Waals surface area contributed by atoms with Gasteiger partial charge >= 0.3 is 0 Å². The third kappa shape index (κ3) is 3.68.